The lowest BCUT2D eigenvalue weighted by Crippen LogP contribution is -2.51. The zero-order chi connectivity index (χ0) is 14.8. The van der Waals surface area contributed by atoms with Gasteiger partial charge < -0.3 is 10.2 Å². The molecule has 0 unspecified atom stereocenters. The number of halogens is 1. The van der Waals surface area contributed by atoms with Gasteiger partial charge in [0.05, 0.1) is 0 Å². The minimum atomic E-state index is -0.491. The molecule has 0 aliphatic carbocycles. The van der Waals surface area contributed by atoms with Gasteiger partial charge in [-0.1, -0.05) is 0 Å². The SMILES string of the molecule is C[C@H]1CN(C(=O)c2ccc(-n3cncn3)c(F)c2)CCN1. The smallest absolute Gasteiger partial charge is 0.254 e. The second kappa shape index (κ2) is 5.61. The number of rotatable bonds is 2. The number of carbonyl (C=O) groups is 1. The Kier molecular flexibility index (Phi) is 3.66. The van der Waals surface area contributed by atoms with Crippen molar-refractivity contribution in [3.63, 3.8) is 0 Å². The van der Waals surface area contributed by atoms with Gasteiger partial charge in [-0.2, -0.15) is 5.10 Å². The lowest BCUT2D eigenvalue weighted by Gasteiger charge is -2.32. The van der Waals surface area contributed by atoms with Crippen LogP contribution in [0.4, 0.5) is 4.39 Å². The van der Waals surface area contributed by atoms with Gasteiger partial charge in [0.25, 0.3) is 5.91 Å². The third-order valence-electron chi connectivity index (χ3n) is 3.52. The Labute approximate surface area is 121 Å². The summed E-state index contributed by atoms with van der Waals surface area (Å²) in [6, 6.07) is 4.67. The van der Waals surface area contributed by atoms with Gasteiger partial charge in [-0.3, -0.25) is 4.79 Å². The van der Waals surface area contributed by atoms with Crippen LogP contribution in [-0.4, -0.2) is 51.2 Å². The second-order valence-electron chi connectivity index (χ2n) is 5.11. The quantitative estimate of drug-likeness (QED) is 0.890. The molecule has 2 aromatic rings. The van der Waals surface area contributed by atoms with Gasteiger partial charge in [-0.05, 0) is 25.1 Å². The largest absolute Gasteiger partial charge is 0.336 e. The number of hydrogen-bond donors (Lipinski definition) is 1. The number of hydrogen-bond acceptors (Lipinski definition) is 4. The summed E-state index contributed by atoms with van der Waals surface area (Å²) < 4.78 is 15.5. The van der Waals surface area contributed by atoms with Gasteiger partial charge in [-0.15, -0.1) is 0 Å². The van der Waals surface area contributed by atoms with Crippen LogP contribution in [0.25, 0.3) is 5.69 Å². The molecule has 1 amide bonds. The van der Waals surface area contributed by atoms with Gasteiger partial charge in [0.2, 0.25) is 0 Å². The van der Waals surface area contributed by atoms with Crippen LogP contribution in [0, 0.1) is 5.82 Å². The maximum absolute atomic E-state index is 14.1. The molecule has 110 valence electrons. The van der Waals surface area contributed by atoms with Gasteiger partial charge in [0, 0.05) is 31.2 Å². The van der Waals surface area contributed by atoms with E-state index in [2.05, 4.69) is 15.4 Å². The second-order valence-corrected chi connectivity index (χ2v) is 5.11. The highest BCUT2D eigenvalue weighted by Gasteiger charge is 2.22. The molecule has 3 rings (SSSR count). The minimum Gasteiger partial charge on any atom is -0.336 e. The summed E-state index contributed by atoms with van der Waals surface area (Å²) in [5.41, 5.74) is 0.628. The highest BCUT2D eigenvalue weighted by Crippen LogP contribution is 2.16. The lowest BCUT2D eigenvalue weighted by molar-refractivity contribution is 0.0708. The van der Waals surface area contributed by atoms with E-state index >= 15 is 0 Å². The zero-order valence-electron chi connectivity index (χ0n) is 11.7. The first-order valence-electron chi connectivity index (χ1n) is 6.82. The molecule has 2 heterocycles. The van der Waals surface area contributed by atoms with Crippen molar-refractivity contribution >= 4 is 5.91 Å². The summed E-state index contributed by atoms with van der Waals surface area (Å²) in [5, 5.41) is 7.15. The van der Waals surface area contributed by atoms with E-state index in [0.717, 1.165) is 6.54 Å². The Hall–Kier alpha value is -2.28. The molecule has 0 radical (unpaired) electrons. The number of nitrogens with one attached hydrogen (secondary N) is 1. The van der Waals surface area contributed by atoms with Crippen molar-refractivity contribution in [3.05, 3.63) is 42.2 Å². The van der Waals surface area contributed by atoms with Crippen LogP contribution in [0.2, 0.25) is 0 Å². The Morgan fingerprint density at radius 1 is 1.48 bits per heavy atom. The molecule has 1 saturated heterocycles. The van der Waals surface area contributed by atoms with Crippen molar-refractivity contribution in [2.24, 2.45) is 0 Å². The number of carbonyl (C=O) groups excluding carboxylic acids is 1. The molecule has 6 nitrogen and oxygen atoms in total. The molecule has 1 fully saturated rings. The Morgan fingerprint density at radius 2 is 2.33 bits per heavy atom. The van der Waals surface area contributed by atoms with E-state index in [-0.39, 0.29) is 17.6 Å². The van der Waals surface area contributed by atoms with Crippen LogP contribution in [0.15, 0.2) is 30.9 Å². The van der Waals surface area contributed by atoms with Crippen molar-refractivity contribution in [3.8, 4) is 5.69 Å². The maximum atomic E-state index is 14.1. The third kappa shape index (κ3) is 2.78. The normalized spacial score (nSPS) is 18.8. The average molecular weight is 289 g/mol. The summed E-state index contributed by atoms with van der Waals surface area (Å²) in [7, 11) is 0. The molecular formula is C14H16FN5O. The van der Waals surface area contributed by atoms with Gasteiger partial charge in [0.1, 0.15) is 24.2 Å². The molecule has 1 aliphatic rings. The van der Waals surface area contributed by atoms with Crippen LogP contribution in [-0.2, 0) is 0 Å². The molecule has 0 spiro atoms. The van der Waals surface area contributed by atoms with Crippen LogP contribution >= 0.6 is 0 Å². The van der Waals surface area contributed by atoms with E-state index in [9.17, 15) is 9.18 Å². The van der Waals surface area contributed by atoms with Crippen LogP contribution in [0.1, 0.15) is 17.3 Å². The monoisotopic (exact) mass is 289 g/mol. The molecule has 0 bridgehead atoms. The fraction of sp³-hybridized carbons (Fsp3) is 0.357. The zero-order valence-corrected chi connectivity index (χ0v) is 11.7. The molecule has 21 heavy (non-hydrogen) atoms. The number of benzene rings is 1. The Morgan fingerprint density at radius 3 is 3.00 bits per heavy atom. The van der Waals surface area contributed by atoms with Crippen molar-refractivity contribution in [1.82, 2.24) is 25.0 Å². The Bertz CT molecular complexity index is 643. The molecule has 0 saturated carbocycles. The van der Waals surface area contributed by atoms with E-state index in [4.69, 9.17) is 0 Å². The first-order valence-corrected chi connectivity index (χ1v) is 6.82. The topological polar surface area (TPSA) is 63.1 Å². The average Bonchev–Trinajstić information content (AvgIpc) is 3.00. The number of piperazine rings is 1. The summed E-state index contributed by atoms with van der Waals surface area (Å²) in [5.74, 6) is -0.637. The van der Waals surface area contributed by atoms with Gasteiger partial charge in [0.15, 0.2) is 0 Å². The molecular weight excluding hydrogens is 273 g/mol. The molecule has 7 heteroatoms. The standard InChI is InChI=1S/C14H16FN5O/c1-10-7-19(5-4-17-10)14(21)11-2-3-13(12(15)6-11)20-9-16-8-18-20/h2-3,6,8-10,17H,4-5,7H2,1H3/t10-/m0/s1. The summed E-state index contributed by atoms with van der Waals surface area (Å²) in [4.78, 5) is 17.9. The van der Waals surface area contributed by atoms with Crippen LogP contribution in [0.5, 0.6) is 0 Å². The minimum absolute atomic E-state index is 0.146. The molecule has 1 N–H and O–H groups in total. The third-order valence-corrected chi connectivity index (χ3v) is 3.52. The first kappa shape index (κ1) is 13.7. The highest BCUT2D eigenvalue weighted by atomic mass is 19.1. The van der Waals surface area contributed by atoms with E-state index in [1.807, 2.05) is 6.92 Å². The summed E-state index contributed by atoms with van der Waals surface area (Å²) in [6.07, 6.45) is 2.75. The van der Waals surface area contributed by atoms with Gasteiger partial charge in [-0.25, -0.2) is 14.1 Å². The van der Waals surface area contributed by atoms with Gasteiger partial charge >= 0.3 is 0 Å². The first-order chi connectivity index (χ1) is 10.1. The molecule has 1 aliphatic heterocycles. The highest BCUT2D eigenvalue weighted by molar-refractivity contribution is 5.94. The molecule has 1 aromatic heterocycles. The lowest BCUT2D eigenvalue weighted by atomic mass is 10.1. The van der Waals surface area contributed by atoms with Crippen molar-refractivity contribution < 1.29 is 9.18 Å². The van der Waals surface area contributed by atoms with Crippen molar-refractivity contribution in [1.29, 1.82) is 0 Å². The Balaban J connectivity index is 1.83. The molecule has 1 aromatic carbocycles. The summed E-state index contributed by atoms with van der Waals surface area (Å²) >= 11 is 0. The van der Waals surface area contributed by atoms with Crippen LogP contribution < -0.4 is 5.32 Å². The van der Waals surface area contributed by atoms with E-state index in [1.165, 1.54) is 23.4 Å². The summed E-state index contributed by atoms with van der Waals surface area (Å²) in [6.45, 7) is 4.04. The predicted octanol–water partition coefficient (Wildman–Crippen LogP) is 0.840. The van der Waals surface area contributed by atoms with Crippen molar-refractivity contribution in [2.75, 3.05) is 19.6 Å². The van der Waals surface area contributed by atoms with Crippen LogP contribution in [0.3, 0.4) is 0 Å². The fourth-order valence-electron chi connectivity index (χ4n) is 2.46. The van der Waals surface area contributed by atoms with E-state index < -0.39 is 5.82 Å². The van der Waals surface area contributed by atoms with E-state index in [0.29, 0.717) is 18.7 Å². The number of amides is 1. The number of nitrogens with zero attached hydrogens (tertiary/aromatic N) is 4. The number of aromatic nitrogens is 3. The van der Waals surface area contributed by atoms with Crippen molar-refractivity contribution in [2.45, 2.75) is 13.0 Å². The fourth-order valence-corrected chi connectivity index (χ4v) is 2.46. The van der Waals surface area contributed by atoms with E-state index in [1.54, 1.807) is 17.0 Å². The maximum Gasteiger partial charge on any atom is 0.254 e. The molecule has 1 atom stereocenters. The predicted molar refractivity (Wildman–Crippen MR) is 74.7 cm³/mol.